The Morgan fingerprint density at radius 3 is 2.26 bits per heavy atom. The SMILES string of the molecule is CCOC(=O)CCNC(=O)C(c1ccccc1O)N(C(=O)C(CCC(N)=O)NC(=O)OC(C)(C)C)C(C)CC. The largest absolute Gasteiger partial charge is 0.508 e. The first-order valence-corrected chi connectivity index (χ1v) is 13.0. The zero-order valence-electron chi connectivity index (χ0n) is 23.6. The van der Waals surface area contributed by atoms with Crippen molar-refractivity contribution < 1.29 is 38.6 Å². The van der Waals surface area contributed by atoms with Crippen molar-refractivity contribution in [1.29, 1.82) is 0 Å². The van der Waals surface area contributed by atoms with Crippen molar-refractivity contribution in [2.45, 2.75) is 91.0 Å². The summed E-state index contributed by atoms with van der Waals surface area (Å²) < 4.78 is 10.2. The van der Waals surface area contributed by atoms with Crippen LogP contribution in [0.2, 0.25) is 0 Å². The Morgan fingerprint density at radius 1 is 1.08 bits per heavy atom. The van der Waals surface area contributed by atoms with E-state index in [0.717, 1.165) is 0 Å². The first-order chi connectivity index (χ1) is 18.2. The summed E-state index contributed by atoms with van der Waals surface area (Å²) >= 11 is 0. The number of rotatable bonds is 14. The molecule has 0 fully saturated rings. The number of primary amides is 1. The van der Waals surface area contributed by atoms with Crippen LogP contribution in [0.5, 0.6) is 5.75 Å². The van der Waals surface area contributed by atoms with Crippen LogP contribution in [0.25, 0.3) is 0 Å². The maximum atomic E-state index is 14.0. The minimum absolute atomic E-state index is 0.0639. The predicted octanol–water partition coefficient (Wildman–Crippen LogP) is 2.29. The second-order valence-corrected chi connectivity index (χ2v) is 10.0. The van der Waals surface area contributed by atoms with Gasteiger partial charge in [0, 0.05) is 24.6 Å². The Balaban J connectivity index is 3.48. The summed E-state index contributed by atoms with van der Waals surface area (Å²) in [7, 11) is 0. The molecule has 218 valence electrons. The number of nitrogens with one attached hydrogen (secondary N) is 2. The van der Waals surface area contributed by atoms with Crippen molar-refractivity contribution >= 4 is 29.8 Å². The van der Waals surface area contributed by atoms with E-state index in [0.29, 0.717) is 6.42 Å². The fourth-order valence-electron chi connectivity index (χ4n) is 3.72. The number of carbonyl (C=O) groups excluding carboxylic acids is 5. The van der Waals surface area contributed by atoms with Gasteiger partial charge in [-0.15, -0.1) is 0 Å². The van der Waals surface area contributed by atoms with Crippen LogP contribution in [0.1, 0.15) is 78.8 Å². The Bertz CT molecular complexity index is 1010. The Hall–Kier alpha value is -3.83. The summed E-state index contributed by atoms with van der Waals surface area (Å²) in [5, 5.41) is 15.8. The quantitative estimate of drug-likeness (QED) is 0.255. The fraction of sp³-hybridized carbons (Fsp3) is 0.593. The molecule has 0 aromatic heterocycles. The van der Waals surface area contributed by atoms with Crippen LogP contribution in [-0.2, 0) is 28.7 Å². The molecule has 39 heavy (non-hydrogen) atoms. The number of hydrogen-bond donors (Lipinski definition) is 4. The molecular formula is C27H42N4O8. The van der Waals surface area contributed by atoms with E-state index >= 15 is 0 Å². The van der Waals surface area contributed by atoms with Gasteiger partial charge in [0.25, 0.3) is 0 Å². The molecule has 0 spiro atoms. The van der Waals surface area contributed by atoms with Gasteiger partial charge in [-0.1, -0.05) is 25.1 Å². The number of nitrogens with two attached hydrogens (primary N) is 1. The number of amides is 4. The highest BCUT2D eigenvalue weighted by Gasteiger charge is 2.39. The lowest BCUT2D eigenvalue weighted by Gasteiger charge is -2.38. The van der Waals surface area contributed by atoms with Gasteiger partial charge in [-0.25, -0.2) is 4.79 Å². The number of phenolic OH excluding ortho intramolecular Hbond substituents is 1. The number of nitrogens with zero attached hydrogens (tertiary/aromatic N) is 1. The minimum Gasteiger partial charge on any atom is -0.508 e. The molecule has 0 bridgehead atoms. The number of hydrogen-bond acceptors (Lipinski definition) is 8. The third-order valence-corrected chi connectivity index (χ3v) is 5.68. The molecule has 5 N–H and O–H groups in total. The smallest absolute Gasteiger partial charge is 0.408 e. The number of benzene rings is 1. The van der Waals surface area contributed by atoms with Gasteiger partial charge in [0.15, 0.2) is 0 Å². The summed E-state index contributed by atoms with van der Waals surface area (Å²) in [5.74, 6) is -2.73. The average Bonchev–Trinajstić information content (AvgIpc) is 2.83. The van der Waals surface area contributed by atoms with Crippen LogP contribution in [0.4, 0.5) is 4.79 Å². The van der Waals surface area contributed by atoms with Gasteiger partial charge >= 0.3 is 12.1 Å². The van der Waals surface area contributed by atoms with Crippen molar-refractivity contribution in [3.05, 3.63) is 29.8 Å². The van der Waals surface area contributed by atoms with Gasteiger partial charge in [0.2, 0.25) is 17.7 Å². The highest BCUT2D eigenvalue weighted by atomic mass is 16.6. The van der Waals surface area contributed by atoms with Gasteiger partial charge < -0.3 is 35.8 Å². The van der Waals surface area contributed by atoms with E-state index in [1.54, 1.807) is 46.8 Å². The van der Waals surface area contributed by atoms with Crippen molar-refractivity contribution in [2.75, 3.05) is 13.2 Å². The van der Waals surface area contributed by atoms with E-state index in [9.17, 15) is 29.1 Å². The number of ether oxygens (including phenoxy) is 2. The molecule has 3 atom stereocenters. The number of esters is 1. The minimum atomic E-state index is -1.33. The van der Waals surface area contributed by atoms with E-state index < -0.39 is 53.5 Å². The third-order valence-electron chi connectivity index (χ3n) is 5.68. The lowest BCUT2D eigenvalue weighted by atomic mass is 9.98. The molecular weight excluding hydrogens is 508 g/mol. The summed E-state index contributed by atoms with van der Waals surface area (Å²) in [4.78, 5) is 64.7. The maximum Gasteiger partial charge on any atom is 0.408 e. The molecule has 1 aromatic carbocycles. The molecule has 3 unspecified atom stereocenters. The summed E-state index contributed by atoms with van der Waals surface area (Å²) in [6.07, 6.45) is -0.911. The van der Waals surface area contributed by atoms with E-state index in [1.165, 1.54) is 17.0 Å². The van der Waals surface area contributed by atoms with Crippen molar-refractivity contribution in [1.82, 2.24) is 15.5 Å². The summed E-state index contributed by atoms with van der Waals surface area (Å²) in [6, 6.07) is 2.94. The monoisotopic (exact) mass is 550 g/mol. The normalized spacial score (nSPS) is 13.4. The van der Waals surface area contributed by atoms with Crippen molar-refractivity contribution in [3.63, 3.8) is 0 Å². The molecule has 0 saturated heterocycles. The van der Waals surface area contributed by atoms with Crippen molar-refractivity contribution in [2.24, 2.45) is 5.73 Å². The molecule has 0 aliphatic rings. The van der Waals surface area contributed by atoms with Crippen LogP contribution in [0.15, 0.2) is 24.3 Å². The fourth-order valence-corrected chi connectivity index (χ4v) is 3.72. The highest BCUT2D eigenvalue weighted by Crippen LogP contribution is 2.32. The Kier molecular flexibility index (Phi) is 13.2. The number of phenols is 1. The molecule has 12 heteroatoms. The first-order valence-electron chi connectivity index (χ1n) is 13.0. The average molecular weight is 551 g/mol. The van der Waals surface area contributed by atoms with Crippen LogP contribution in [0, 0.1) is 0 Å². The van der Waals surface area contributed by atoms with Crippen molar-refractivity contribution in [3.8, 4) is 5.75 Å². The molecule has 0 radical (unpaired) electrons. The van der Waals surface area contributed by atoms with Gasteiger partial charge in [0.05, 0.1) is 13.0 Å². The Labute approximate surface area is 229 Å². The molecule has 0 saturated carbocycles. The zero-order valence-corrected chi connectivity index (χ0v) is 23.6. The van der Waals surface area contributed by atoms with E-state index in [-0.39, 0.29) is 43.7 Å². The summed E-state index contributed by atoms with van der Waals surface area (Å²) in [5.41, 5.74) is 4.60. The molecule has 4 amide bonds. The lowest BCUT2D eigenvalue weighted by molar-refractivity contribution is -0.146. The van der Waals surface area contributed by atoms with E-state index in [2.05, 4.69) is 10.6 Å². The van der Waals surface area contributed by atoms with Gasteiger partial charge in [-0.2, -0.15) is 0 Å². The number of carbonyl (C=O) groups is 5. The van der Waals surface area contributed by atoms with Crippen LogP contribution in [0.3, 0.4) is 0 Å². The third kappa shape index (κ3) is 11.2. The molecule has 1 rings (SSSR count). The van der Waals surface area contributed by atoms with Gasteiger partial charge in [-0.3, -0.25) is 19.2 Å². The van der Waals surface area contributed by atoms with Crippen LogP contribution < -0.4 is 16.4 Å². The van der Waals surface area contributed by atoms with E-state index in [1.807, 2.05) is 6.92 Å². The highest BCUT2D eigenvalue weighted by molar-refractivity contribution is 5.93. The summed E-state index contributed by atoms with van der Waals surface area (Å²) in [6.45, 7) is 10.3. The second kappa shape index (κ2) is 15.6. The topological polar surface area (TPSA) is 177 Å². The number of aromatic hydroxyl groups is 1. The molecule has 1 aromatic rings. The standard InChI is InChI=1S/C27H42N4O8/c1-7-17(3)31(25(36)19(13-14-21(28)33)30-26(37)39-27(4,5)6)23(18-11-9-10-12-20(18)32)24(35)29-16-15-22(34)38-8-2/h9-12,17,19,23,32H,7-8,13-16H2,1-6H3,(H2,28,33)(H,29,35)(H,30,37). The zero-order chi connectivity index (χ0) is 29.8. The molecule has 12 nitrogen and oxygen atoms in total. The molecule has 0 aliphatic heterocycles. The maximum absolute atomic E-state index is 14.0. The van der Waals surface area contributed by atoms with Crippen LogP contribution in [-0.4, -0.2) is 70.6 Å². The second-order valence-electron chi connectivity index (χ2n) is 10.0. The van der Waals surface area contributed by atoms with Gasteiger partial charge in [0.1, 0.15) is 23.4 Å². The first kappa shape index (κ1) is 33.2. The number of para-hydroxylation sites is 1. The van der Waals surface area contributed by atoms with Crippen LogP contribution >= 0.6 is 0 Å². The Morgan fingerprint density at radius 2 is 1.72 bits per heavy atom. The number of alkyl carbamates (subject to hydrolysis) is 1. The molecule has 0 heterocycles. The van der Waals surface area contributed by atoms with E-state index in [4.69, 9.17) is 15.2 Å². The lowest BCUT2D eigenvalue weighted by Crippen LogP contribution is -2.55. The molecule has 0 aliphatic carbocycles. The van der Waals surface area contributed by atoms with Gasteiger partial charge in [-0.05, 0) is 53.5 Å². The predicted molar refractivity (Wildman–Crippen MR) is 143 cm³/mol.